The van der Waals surface area contributed by atoms with Crippen LogP contribution in [0.15, 0.2) is 12.7 Å². The first-order valence-corrected chi connectivity index (χ1v) is 6.27. The van der Waals surface area contributed by atoms with Crippen molar-refractivity contribution >= 4 is 5.91 Å². The summed E-state index contributed by atoms with van der Waals surface area (Å²) in [6, 6.07) is 0. The number of nitrogens with zero attached hydrogens (tertiary/aromatic N) is 1. The van der Waals surface area contributed by atoms with Crippen molar-refractivity contribution in [1.29, 1.82) is 0 Å². The third-order valence-corrected chi connectivity index (χ3v) is 3.73. The van der Waals surface area contributed by atoms with Gasteiger partial charge in [0.2, 0.25) is 5.91 Å². The van der Waals surface area contributed by atoms with Crippen LogP contribution in [-0.4, -0.2) is 37.1 Å². The van der Waals surface area contributed by atoms with Crippen molar-refractivity contribution in [2.45, 2.75) is 25.7 Å². The van der Waals surface area contributed by atoms with E-state index in [1.54, 1.807) is 0 Å². The van der Waals surface area contributed by atoms with Crippen LogP contribution in [0.3, 0.4) is 0 Å². The number of carbonyl (C=O) groups excluding carboxylic acids is 1. The van der Waals surface area contributed by atoms with Crippen LogP contribution in [0.25, 0.3) is 0 Å². The van der Waals surface area contributed by atoms with E-state index < -0.39 is 0 Å². The smallest absolute Gasteiger partial charge is 0.223 e. The van der Waals surface area contributed by atoms with Gasteiger partial charge in [0.25, 0.3) is 0 Å². The van der Waals surface area contributed by atoms with Gasteiger partial charge < -0.3 is 9.64 Å². The molecule has 1 atom stereocenters. The molecule has 3 heteroatoms. The summed E-state index contributed by atoms with van der Waals surface area (Å²) in [7, 11) is 0. The van der Waals surface area contributed by atoms with Crippen LogP contribution in [0.1, 0.15) is 25.7 Å². The average Bonchev–Trinajstić information content (AvgIpc) is 2.69. The summed E-state index contributed by atoms with van der Waals surface area (Å²) >= 11 is 0. The third kappa shape index (κ3) is 2.85. The van der Waals surface area contributed by atoms with Crippen molar-refractivity contribution in [3.8, 4) is 0 Å². The number of hydrogen-bond acceptors (Lipinski definition) is 2. The fraction of sp³-hybridized carbons (Fsp3) is 0.769. The van der Waals surface area contributed by atoms with Gasteiger partial charge in [-0.05, 0) is 25.2 Å². The molecule has 0 N–H and O–H groups in total. The van der Waals surface area contributed by atoms with Gasteiger partial charge >= 0.3 is 0 Å². The molecule has 0 bridgehead atoms. The number of ether oxygens (including phenoxy) is 1. The minimum absolute atomic E-state index is 0.303. The number of amides is 1. The van der Waals surface area contributed by atoms with E-state index in [0.717, 1.165) is 51.5 Å². The molecule has 2 saturated heterocycles. The van der Waals surface area contributed by atoms with Gasteiger partial charge in [0.1, 0.15) is 0 Å². The normalized spacial score (nSPS) is 27.4. The Kier molecular flexibility index (Phi) is 3.99. The summed E-state index contributed by atoms with van der Waals surface area (Å²) < 4.78 is 5.33. The second-order valence-corrected chi connectivity index (χ2v) is 4.88. The Hall–Kier alpha value is -0.830. The number of carbonyl (C=O) groups is 1. The van der Waals surface area contributed by atoms with Gasteiger partial charge in [0.15, 0.2) is 0 Å². The van der Waals surface area contributed by atoms with Crippen LogP contribution < -0.4 is 0 Å². The van der Waals surface area contributed by atoms with E-state index in [1.165, 1.54) is 0 Å². The lowest BCUT2D eigenvalue weighted by Gasteiger charge is -2.24. The summed E-state index contributed by atoms with van der Waals surface area (Å²) in [6.45, 7) is 7.36. The zero-order valence-corrected chi connectivity index (χ0v) is 9.86. The Balaban J connectivity index is 1.73. The molecule has 2 heterocycles. The van der Waals surface area contributed by atoms with Crippen molar-refractivity contribution in [3.63, 3.8) is 0 Å². The molecule has 1 amide bonds. The standard InChI is InChI=1S/C13H21NO2/c1-2-11-9-13(15)14(10-11)6-3-12-4-7-16-8-5-12/h2,11-12H,1,3-10H2. The minimum atomic E-state index is 0.303. The van der Waals surface area contributed by atoms with Crippen LogP contribution in [0, 0.1) is 11.8 Å². The molecule has 2 rings (SSSR count). The number of rotatable bonds is 4. The fourth-order valence-corrected chi connectivity index (χ4v) is 2.55. The van der Waals surface area contributed by atoms with E-state index in [4.69, 9.17) is 4.74 Å². The van der Waals surface area contributed by atoms with Crippen LogP contribution >= 0.6 is 0 Å². The summed E-state index contributed by atoms with van der Waals surface area (Å²) in [5, 5.41) is 0. The van der Waals surface area contributed by atoms with Crippen molar-refractivity contribution in [2.75, 3.05) is 26.3 Å². The molecule has 90 valence electrons. The minimum Gasteiger partial charge on any atom is -0.381 e. The highest BCUT2D eigenvalue weighted by Crippen LogP contribution is 2.22. The lowest BCUT2D eigenvalue weighted by atomic mass is 9.96. The van der Waals surface area contributed by atoms with E-state index >= 15 is 0 Å². The Bertz CT molecular complexity index is 259. The first kappa shape index (κ1) is 11.6. The highest BCUT2D eigenvalue weighted by Gasteiger charge is 2.27. The first-order chi connectivity index (χ1) is 7.79. The highest BCUT2D eigenvalue weighted by molar-refractivity contribution is 5.78. The van der Waals surface area contributed by atoms with Crippen molar-refractivity contribution in [1.82, 2.24) is 4.90 Å². The quantitative estimate of drug-likeness (QED) is 0.681. The van der Waals surface area contributed by atoms with Gasteiger partial charge in [0, 0.05) is 38.6 Å². The molecule has 0 aliphatic carbocycles. The number of likely N-dealkylation sites (tertiary alicyclic amines) is 1. The predicted molar refractivity (Wildman–Crippen MR) is 63.0 cm³/mol. The largest absolute Gasteiger partial charge is 0.381 e. The van der Waals surface area contributed by atoms with Gasteiger partial charge in [-0.15, -0.1) is 6.58 Å². The van der Waals surface area contributed by atoms with E-state index in [-0.39, 0.29) is 0 Å². The van der Waals surface area contributed by atoms with E-state index in [0.29, 0.717) is 18.2 Å². The molecule has 0 spiro atoms. The van der Waals surface area contributed by atoms with E-state index in [1.807, 2.05) is 11.0 Å². The molecule has 0 aromatic rings. The molecule has 2 aliphatic heterocycles. The highest BCUT2D eigenvalue weighted by atomic mass is 16.5. The van der Waals surface area contributed by atoms with E-state index in [9.17, 15) is 4.79 Å². The van der Waals surface area contributed by atoms with Crippen molar-refractivity contribution < 1.29 is 9.53 Å². The van der Waals surface area contributed by atoms with Gasteiger partial charge in [-0.2, -0.15) is 0 Å². The summed E-state index contributed by atoms with van der Waals surface area (Å²) in [4.78, 5) is 13.7. The maximum Gasteiger partial charge on any atom is 0.223 e. The first-order valence-electron chi connectivity index (χ1n) is 6.27. The fourth-order valence-electron chi connectivity index (χ4n) is 2.55. The van der Waals surface area contributed by atoms with Gasteiger partial charge in [0.05, 0.1) is 0 Å². The predicted octanol–water partition coefficient (Wildman–Crippen LogP) is 1.84. The Morgan fingerprint density at radius 3 is 2.81 bits per heavy atom. The third-order valence-electron chi connectivity index (χ3n) is 3.73. The molecule has 0 aromatic carbocycles. The zero-order chi connectivity index (χ0) is 11.4. The summed E-state index contributed by atoms with van der Waals surface area (Å²) in [5.74, 6) is 1.43. The lowest BCUT2D eigenvalue weighted by Crippen LogP contribution is -2.29. The second-order valence-electron chi connectivity index (χ2n) is 4.88. The molecular weight excluding hydrogens is 202 g/mol. The summed E-state index contributed by atoms with van der Waals surface area (Å²) in [6.07, 6.45) is 6.03. The van der Waals surface area contributed by atoms with Crippen LogP contribution in [0.5, 0.6) is 0 Å². The summed E-state index contributed by atoms with van der Waals surface area (Å²) in [5.41, 5.74) is 0. The molecule has 0 saturated carbocycles. The molecule has 0 aromatic heterocycles. The Morgan fingerprint density at radius 1 is 1.44 bits per heavy atom. The Morgan fingerprint density at radius 2 is 2.19 bits per heavy atom. The molecular formula is C13H21NO2. The monoisotopic (exact) mass is 223 g/mol. The van der Waals surface area contributed by atoms with Gasteiger partial charge in [-0.1, -0.05) is 6.08 Å². The topological polar surface area (TPSA) is 29.5 Å². The maximum absolute atomic E-state index is 11.7. The second kappa shape index (κ2) is 5.48. The number of hydrogen-bond donors (Lipinski definition) is 0. The molecule has 16 heavy (non-hydrogen) atoms. The molecule has 0 radical (unpaired) electrons. The van der Waals surface area contributed by atoms with Crippen molar-refractivity contribution in [3.05, 3.63) is 12.7 Å². The lowest BCUT2D eigenvalue weighted by molar-refractivity contribution is -0.127. The van der Waals surface area contributed by atoms with Gasteiger partial charge in [-0.3, -0.25) is 4.79 Å². The maximum atomic E-state index is 11.7. The Labute approximate surface area is 97.5 Å². The van der Waals surface area contributed by atoms with Crippen LogP contribution in [0.4, 0.5) is 0 Å². The SMILES string of the molecule is C=CC1CC(=O)N(CCC2CCOCC2)C1. The zero-order valence-electron chi connectivity index (χ0n) is 9.86. The van der Waals surface area contributed by atoms with Crippen LogP contribution in [-0.2, 0) is 9.53 Å². The average molecular weight is 223 g/mol. The molecule has 3 nitrogen and oxygen atoms in total. The molecule has 2 aliphatic rings. The van der Waals surface area contributed by atoms with E-state index in [2.05, 4.69) is 6.58 Å². The van der Waals surface area contributed by atoms with Crippen LogP contribution in [0.2, 0.25) is 0 Å². The van der Waals surface area contributed by atoms with Crippen molar-refractivity contribution in [2.24, 2.45) is 11.8 Å². The van der Waals surface area contributed by atoms with Gasteiger partial charge in [-0.25, -0.2) is 0 Å². The molecule has 2 fully saturated rings. The molecule has 1 unspecified atom stereocenters.